The fourth-order valence-electron chi connectivity index (χ4n) is 1.12. The second-order valence-electron chi connectivity index (χ2n) is 3.73. The van der Waals surface area contributed by atoms with Crippen LogP contribution >= 0.6 is 11.3 Å². The van der Waals surface area contributed by atoms with E-state index in [2.05, 4.69) is 10.3 Å². The monoisotopic (exact) mass is 257 g/mol. The highest BCUT2D eigenvalue weighted by atomic mass is 32.1. The number of carbonyl (C=O) groups is 2. The summed E-state index contributed by atoms with van der Waals surface area (Å²) in [6.07, 6.45) is 0. The number of rotatable bonds is 4. The first-order valence-corrected chi connectivity index (χ1v) is 5.93. The Morgan fingerprint density at radius 3 is 2.76 bits per heavy atom. The molecule has 7 heteroatoms. The molecule has 1 atom stereocenters. The molecule has 0 bridgehead atoms. The van der Waals surface area contributed by atoms with Gasteiger partial charge in [0.15, 0.2) is 0 Å². The number of aromatic nitrogens is 1. The molecule has 1 aromatic rings. The van der Waals surface area contributed by atoms with Crippen LogP contribution < -0.4 is 5.32 Å². The quantitative estimate of drug-likeness (QED) is 0.845. The van der Waals surface area contributed by atoms with Gasteiger partial charge in [-0.15, -0.1) is 11.3 Å². The topological polar surface area (TPSA) is 82.5 Å². The molecule has 0 spiro atoms. The fourth-order valence-corrected chi connectivity index (χ4v) is 1.95. The van der Waals surface area contributed by atoms with Gasteiger partial charge in [-0.3, -0.25) is 4.79 Å². The van der Waals surface area contributed by atoms with Gasteiger partial charge in [-0.25, -0.2) is 9.78 Å². The zero-order valence-corrected chi connectivity index (χ0v) is 10.7. The Morgan fingerprint density at radius 2 is 2.29 bits per heavy atom. The number of carbonyl (C=O) groups excluding carboxylic acids is 1. The molecule has 1 rings (SSSR count). The van der Waals surface area contributed by atoms with E-state index < -0.39 is 18.0 Å². The van der Waals surface area contributed by atoms with Crippen molar-refractivity contribution >= 4 is 23.3 Å². The maximum atomic E-state index is 11.6. The van der Waals surface area contributed by atoms with Crippen LogP contribution in [0.25, 0.3) is 0 Å². The van der Waals surface area contributed by atoms with E-state index in [1.807, 2.05) is 6.92 Å². The average Bonchev–Trinajstić information content (AvgIpc) is 2.64. The zero-order chi connectivity index (χ0) is 13.0. The van der Waals surface area contributed by atoms with Crippen LogP contribution in [0, 0.1) is 6.92 Å². The molecule has 94 valence electrons. The summed E-state index contributed by atoms with van der Waals surface area (Å²) in [5.41, 5.74) is 2.61. The smallest absolute Gasteiger partial charge is 0.325 e. The molecule has 0 radical (unpaired) electrons. The third kappa shape index (κ3) is 3.70. The first-order chi connectivity index (χ1) is 7.91. The average molecular weight is 257 g/mol. The minimum Gasteiger partial charge on any atom is -0.480 e. The van der Waals surface area contributed by atoms with E-state index in [1.54, 1.807) is 12.6 Å². The molecular formula is C10H15N3O3S. The molecule has 0 aliphatic rings. The number of hydrogen-bond acceptors (Lipinski definition) is 4. The van der Waals surface area contributed by atoms with Gasteiger partial charge < -0.3 is 15.3 Å². The van der Waals surface area contributed by atoms with Crippen LogP contribution in [-0.2, 0) is 11.3 Å². The zero-order valence-electron chi connectivity index (χ0n) is 9.93. The lowest BCUT2D eigenvalue weighted by atomic mass is 10.3. The van der Waals surface area contributed by atoms with E-state index in [0.29, 0.717) is 6.54 Å². The number of amides is 2. The van der Waals surface area contributed by atoms with Gasteiger partial charge in [-0.1, -0.05) is 0 Å². The predicted molar refractivity (Wildman–Crippen MR) is 63.9 cm³/mol. The third-order valence-electron chi connectivity index (χ3n) is 2.28. The second kappa shape index (κ2) is 5.62. The molecule has 1 heterocycles. The summed E-state index contributed by atoms with van der Waals surface area (Å²) < 4.78 is 0. The van der Waals surface area contributed by atoms with E-state index in [9.17, 15) is 9.59 Å². The van der Waals surface area contributed by atoms with Crippen molar-refractivity contribution < 1.29 is 14.7 Å². The van der Waals surface area contributed by atoms with Gasteiger partial charge in [-0.2, -0.15) is 0 Å². The third-order valence-corrected chi connectivity index (χ3v) is 3.20. The first kappa shape index (κ1) is 13.4. The highest BCUT2D eigenvalue weighted by Gasteiger charge is 2.17. The van der Waals surface area contributed by atoms with E-state index in [0.717, 1.165) is 10.6 Å². The van der Waals surface area contributed by atoms with Gasteiger partial charge in [0.1, 0.15) is 6.04 Å². The molecule has 2 amide bonds. The molecule has 0 saturated heterocycles. The highest BCUT2D eigenvalue weighted by Crippen LogP contribution is 2.14. The van der Waals surface area contributed by atoms with Crippen molar-refractivity contribution in [1.29, 1.82) is 0 Å². The number of aryl methyl sites for hydroxylation is 1. The van der Waals surface area contributed by atoms with Crippen molar-refractivity contribution in [2.75, 3.05) is 7.05 Å². The lowest BCUT2D eigenvalue weighted by Crippen LogP contribution is -2.44. The molecule has 0 unspecified atom stereocenters. The van der Waals surface area contributed by atoms with Crippen molar-refractivity contribution in [1.82, 2.24) is 15.2 Å². The lowest BCUT2D eigenvalue weighted by Gasteiger charge is -2.19. The standard InChI is InChI=1S/C10H15N3O3S/c1-6-8(17-5-11-6)4-13(3)10(16)12-7(2)9(14)15/h5,7H,4H2,1-3H3,(H,12,16)(H,14,15)/t7-/m0/s1. The number of nitrogens with zero attached hydrogens (tertiary/aromatic N) is 2. The fraction of sp³-hybridized carbons (Fsp3) is 0.500. The normalized spacial score (nSPS) is 11.9. The van der Waals surface area contributed by atoms with Crippen molar-refractivity contribution in [3.8, 4) is 0 Å². The van der Waals surface area contributed by atoms with E-state index >= 15 is 0 Å². The van der Waals surface area contributed by atoms with E-state index in [4.69, 9.17) is 5.11 Å². The molecule has 0 fully saturated rings. The van der Waals surface area contributed by atoms with Crippen molar-refractivity contribution in [2.45, 2.75) is 26.4 Å². The summed E-state index contributed by atoms with van der Waals surface area (Å²) in [4.78, 5) is 28.7. The van der Waals surface area contributed by atoms with Crippen LogP contribution in [0.3, 0.4) is 0 Å². The molecule has 6 nitrogen and oxygen atoms in total. The Kier molecular flexibility index (Phi) is 4.45. The summed E-state index contributed by atoms with van der Waals surface area (Å²) >= 11 is 1.47. The minimum atomic E-state index is -1.05. The van der Waals surface area contributed by atoms with Crippen molar-refractivity contribution in [3.05, 3.63) is 16.1 Å². The largest absolute Gasteiger partial charge is 0.480 e. The number of hydrogen-bond donors (Lipinski definition) is 2. The minimum absolute atomic E-state index is 0.410. The summed E-state index contributed by atoms with van der Waals surface area (Å²) in [5.74, 6) is -1.05. The van der Waals surface area contributed by atoms with Crippen LogP contribution in [0.4, 0.5) is 4.79 Å². The van der Waals surface area contributed by atoms with Gasteiger partial charge in [0.25, 0.3) is 0 Å². The Hall–Kier alpha value is -1.63. The summed E-state index contributed by atoms with van der Waals surface area (Å²) in [6.45, 7) is 3.72. The molecule has 17 heavy (non-hydrogen) atoms. The van der Waals surface area contributed by atoms with Gasteiger partial charge in [0.05, 0.1) is 17.7 Å². The van der Waals surface area contributed by atoms with Crippen LogP contribution in [0.1, 0.15) is 17.5 Å². The van der Waals surface area contributed by atoms with Crippen molar-refractivity contribution in [2.24, 2.45) is 0 Å². The maximum Gasteiger partial charge on any atom is 0.325 e. The maximum absolute atomic E-state index is 11.6. The predicted octanol–water partition coefficient (Wildman–Crippen LogP) is 1.07. The van der Waals surface area contributed by atoms with Gasteiger partial charge in [0.2, 0.25) is 0 Å². The first-order valence-electron chi connectivity index (χ1n) is 5.05. The van der Waals surface area contributed by atoms with Gasteiger partial charge in [0, 0.05) is 11.9 Å². The van der Waals surface area contributed by atoms with Crippen LogP contribution in [0.5, 0.6) is 0 Å². The molecule has 0 aromatic carbocycles. The number of nitrogens with one attached hydrogen (secondary N) is 1. The van der Waals surface area contributed by atoms with Crippen LogP contribution in [-0.4, -0.2) is 40.1 Å². The molecule has 0 aliphatic heterocycles. The second-order valence-corrected chi connectivity index (χ2v) is 4.67. The molecule has 2 N–H and O–H groups in total. The van der Waals surface area contributed by atoms with Gasteiger partial charge >= 0.3 is 12.0 Å². The summed E-state index contributed by atoms with van der Waals surface area (Å²) in [7, 11) is 1.61. The Labute approximate surface area is 103 Å². The number of aliphatic carboxylic acids is 1. The van der Waals surface area contributed by atoms with Crippen LogP contribution in [0.15, 0.2) is 5.51 Å². The van der Waals surface area contributed by atoms with Crippen molar-refractivity contribution in [3.63, 3.8) is 0 Å². The Balaban J connectivity index is 2.53. The lowest BCUT2D eigenvalue weighted by molar-refractivity contribution is -0.138. The number of thiazole rings is 1. The van der Waals surface area contributed by atoms with Crippen LogP contribution in [0.2, 0.25) is 0 Å². The molecule has 0 aliphatic carbocycles. The highest BCUT2D eigenvalue weighted by molar-refractivity contribution is 7.09. The van der Waals surface area contributed by atoms with E-state index in [-0.39, 0.29) is 0 Å². The Morgan fingerprint density at radius 1 is 1.65 bits per heavy atom. The molecule has 1 aromatic heterocycles. The summed E-state index contributed by atoms with van der Waals surface area (Å²) in [6, 6.07) is -1.31. The van der Waals surface area contributed by atoms with E-state index in [1.165, 1.54) is 23.2 Å². The Bertz CT molecular complexity index is 419. The number of urea groups is 1. The number of carboxylic acids is 1. The van der Waals surface area contributed by atoms with Gasteiger partial charge in [-0.05, 0) is 13.8 Å². The molecular weight excluding hydrogens is 242 g/mol. The summed E-state index contributed by atoms with van der Waals surface area (Å²) in [5, 5.41) is 11.1. The molecule has 0 saturated carbocycles. The SMILES string of the molecule is Cc1ncsc1CN(C)C(=O)N[C@@H](C)C(=O)O. The number of carboxylic acid groups (broad SMARTS) is 1.